The zero-order valence-corrected chi connectivity index (χ0v) is 14.6. The Morgan fingerprint density at radius 1 is 1.04 bits per heavy atom. The van der Waals surface area contributed by atoms with Crippen LogP contribution in [0.5, 0.6) is 11.5 Å². The maximum atomic E-state index is 12.5. The molecule has 0 radical (unpaired) electrons. The van der Waals surface area contributed by atoms with E-state index in [-0.39, 0.29) is 17.6 Å². The summed E-state index contributed by atoms with van der Waals surface area (Å²) in [5.74, 6) is -0.238. The summed E-state index contributed by atoms with van der Waals surface area (Å²) >= 11 is 6.24. The molecule has 2 N–H and O–H groups in total. The molecule has 0 aliphatic carbocycles. The molecule has 0 spiro atoms. The van der Waals surface area contributed by atoms with Crippen molar-refractivity contribution in [3.8, 4) is 11.5 Å². The standard InChI is InChI=1S/C18H18ClF3N2O2/c19-14-11-12(23)5-6-15(14)24-9-7-13(8-10-24)25-16-3-1-2-4-17(16)26-18(20,21)22/h1-6,11,13H,7-10,23H2. The van der Waals surface area contributed by atoms with Crippen LogP contribution in [0.4, 0.5) is 24.5 Å². The van der Waals surface area contributed by atoms with E-state index < -0.39 is 6.36 Å². The van der Waals surface area contributed by atoms with E-state index in [0.29, 0.717) is 36.6 Å². The number of benzene rings is 2. The number of nitrogen functional groups attached to an aromatic ring is 1. The molecule has 26 heavy (non-hydrogen) atoms. The molecule has 1 fully saturated rings. The summed E-state index contributed by atoms with van der Waals surface area (Å²) in [6, 6.07) is 11.2. The number of nitrogens with two attached hydrogens (primary N) is 1. The summed E-state index contributed by atoms with van der Waals surface area (Å²) in [7, 11) is 0. The van der Waals surface area contributed by atoms with Crippen molar-refractivity contribution < 1.29 is 22.6 Å². The smallest absolute Gasteiger partial charge is 0.486 e. The van der Waals surface area contributed by atoms with Crippen molar-refractivity contribution in [2.75, 3.05) is 23.7 Å². The Bertz CT molecular complexity index is 762. The number of piperidine rings is 1. The van der Waals surface area contributed by atoms with Crippen molar-refractivity contribution in [2.45, 2.75) is 25.3 Å². The summed E-state index contributed by atoms with van der Waals surface area (Å²) < 4.78 is 47.3. The summed E-state index contributed by atoms with van der Waals surface area (Å²) in [5, 5.41) is 0.577. The van der Waals surface area contributed by atoms with Gasteiger partial charge in [-0.25, -0.2) is 0 Å². The number of hydrogen-bond donors (Lipinski definition) is 1. The number of anilines is 2. The topological polar surface area (TPSA) is 47.7 Å². The minimum atomic E-state index is -4.76. The zero-order chi connectivity index (χ0) is 18.7. The highest BCUT2D eigenvalue weighted by Crippen LogP contribution is 2.35. The van der Waals surface area contributed by atoms with Crippen LogP contribution in [0.2, 0.25) is 5.02 Å². The van der Waals surface area contributed by atoms with Gasteiger partial charge >= 0.3 is 6.36 Å². The van der Waals surface area contributed by atoms with E-state index in [1.165, 1.54) is 18.2 Å². The van der Waals surface area contributed by atoms with Gasteiger partial charge in [-0.15, -0.1) is 13.2 Å². The first-order chi connectivity index (χ1) is 12.3. The van der Waals surface area contributed by atoms with Gasteiger partial charge in [-0.2, -0.15) is 0 Å². The predicted octanol–water partition coefficient (Wildman–Crippen LogP) is 4.87. The minimum Gasteiger partial charge on any atom is -0.486 e. The van der Waals surface area contributed by atoms with Crippen molar-refractivity contribution in [3.63, 3.8) is 0 Å². The molecule has 140 valence electrons. The Morgan fingerprint density at radius 3 is 2.31 bits per heavy atom. The maximum Gasteiger partial charge on any atom is 0.573 e. The summed E-state index contributed by atoms with van der Waals surface area (Å²) in [6.45, 7) is 1.35. The number of halogens is 4. The van der Waals surface area contributed by atoms with Crippen LogP contribution in [0, 0.1) is 0 Å². The minimum absolute atomic E-state index is 0.0915. The second-order valence-corrected chi connectivity index (χ2v) is 6.42. The third kappa shape index (κ3) is 4.66. The van der Waals surface area contributed by atoms with Crippen LogP contribution >= 0.6 is 11.6 Å². The Kier molecular flexibility index (Phi) is 5.36. The van der Waals surface area contributed by atoms with E-state index in [9.17, 15) is 13.2 Å². The van der Waals surface area contributed by atoms with Gasteiger partial charge in [-0.1, -0.05) is 23.7 Å². The normalized spacial score (nSPS) is 15.8. The highest BCUT2D eigenvalue weighted by Gasteiger charge is 2.33. The average molecular weight is 387 g/mol. The Labute approximate surface area is 154 Å². The van der Waals surface area contributed by atoms with Gasteiger partial charge in [0.1, 0.15) is 6.10 Å². The van der Waals surface area contributed by atoms with E-state index in [1.807, 2.05) is 6.07 Å². The van der Waals surface area contributed by atoms with Crippen LogP contribution < -0.4 is 20.1 Å². The molecule has 0 amide bonds. The predicted molar refractivity (Wildman–Crippen MR) is 94.9 cm³/mol. The Balaban J connectivity index is 1.63. The molecule has 1 aliphatic rings. The van der Waals surface area contributed by atoms with E-state index in [0.717, 1.165) is 5.69 Å². The second-order valence-electron chi connectivity index (χ2n) is 6.01. The summed E-state index contributed by atoms with van der Waals surface area (Å²) in [4.78, 5) is 2.11. The lowest BCUT2D eigenvalue weighted by molar-refractivity contribution is -0.275. The molecule has 2 aromatic carbocycles. The van der Waals surface area contributed by atoms with Crippen molar-refractivity contribution in [1.29, 1.82) is 0 Å². The van der Waals surface area contributed by atoms with E-state index >= 15 is 0 Å². The van der Waals surface area contributed by atoms with Crippen molar-refractivity contribution >= 4 is 23.0 Å². The molecule has 0 aromatic heterocycles. The van der Waals surface area contributed by atoms with Crippen LogP contribution in [0.25, 0.3) is 0 Å². The van der Waals surface area contributed by atoms with Gasteiger partial charge in [0.15, 0.2) is 11.5 Å². The fourth-order valence-electron chi connectivity index (χ4n) is 2.93. The van der Waals surface area contributed by atoms with Crippen LogP contribution in [-0.2, 0) is 0 Å². The number of rotatable bonds is 4. The summed E-state index contributed by atoms with van der Waals surface area (Å²) in [6.07, 6.45) is -3.64. The lowest BCUT2D eigenvalue weighted by Gasteiger charge is -2.34. The monoisotopic (exact) mass is 386 g/mol. The molecule has 0 unspecified atom stereocenters. The van der Waals surface area contributed by atoms with Crippen LogP contribution in [0.15, 0.2) is 42.5 Å². The molecule has 0 atom stereocenters. The van der Waals surface area contributed by atoms with E-state index in [1.54, 1.807) is 18.2 Å². The van der Waals surface area contributed by atoms with Crippen LogP contribution in [0.3, 0.4) is 0 Å². The SMILES string of the molecule is Nc1ccc(N2CCC(Oc3ccccc3OC(F)(F)F)CC2)c(Cl)c1. The highest BCUT2D eigenvalue weighted by atomic mass is 35.5. The number of hydrogen-bond acceptors (Lipinski definition) is 4. The van der Waals surface area contributed by atoms with Gasteiger partial charge in [0.25, 0.3) is 0 Å². The fourth-order valence-corrected chi connectivity index (χ4v) is 3.24. The average Bonchev–Trinajstić information content (AvgIpc) is 2.56. The van der Waals surface area contributed by atoms with Crippen molar-refractivity contribution in [3.05, 3.63) is 47.5 Å². The molecule has 1 heterocycles. The molecule has 4 nitrogen and oxygen atoms in total. The molecule has 0 bridgehead atoms. The van der Waals surface area contributed by atoms with Crippen molar-refractivity contribution in [1.82, 2.24) is 0 Å². The summed E-state index contributed by atoms with van der Waals surface area (Å²) in [5.41, 5.74) is 7.19. The Morgan fingerprint density at radius 2 is 1.69 bits per heavy atom. The van der Waals surface area contributed by atoms with E-state index in [2.05, 4.69) is 9.64 Å². The second kappa shape index (κ2) is 7.53. The van der Waals surface area contributed by atoms with Crippen molar-refractivity contribution in [2.24, 2.45) is 0 Å². The van der Waals surface area contributed by atoms with Gasteiger partial charge in [-0.05, 0) is 30.3 Å². The van der Waals surface area contributed by atoms with E-state index in [4.69, 9.17) is 22.1 Å². The number of ether oxygens (including phenoxy) is 2. The lowest BCUT2D eigenvalue weighted by atomic mass is 10.1. The molecule has 1 saturated heterocycles. The first kappa shape index (κ1) is 18.5. The molecule has 1 aliphatic heterocycles. The van der Waals surface area contributed by atoms with Gasteiger partial charge in [0.05, 0.1) is 10.7 Å². The number of para-hydroxylation sites is 2. The first-order valence-electron chi connectivity index (χ1n) is 8.13. The third-order valence-electron chi connectivity index (χ3n) is 4.12. The van der Waals surface area contributed by atoms with Crippen LogP contribution in [0.1, 0.15) is 12.8 Å². The zero-order valence-electron chi connectivity index (χ0n) is 13.8. The van der Waals surface area contributed by atoms with Gasteiger partial charge in [0, 0.05) is 31.6 Å². The number of alkyl halides is 3. The van der Waals surface area contributed by atoms with Crippen LogP contribution in [-0.4, -0.2) is 25.6 Å². The first-order valence-corrected chi connectivity index (χ1v) is 8.51. The molecule has 3 rings (SSSR count). The number of nitrogens with zero attached hydrogens (tertiary/aromatic N) is 1. The lowest BCUT2D eigenvalue weighted by Crippen LogP contribution is -2.38. The van der Waals surface area contributed by atoms with Gasteiger partial charge in [0.2, 0.25) is 0 Å². The van der Waals surface area contributed by atoms with Gasteiger partial charge in [-0.3, -0.25) is 0 Å². The molecular weight excluding hydrogens is 369 g/mol. The maximum absolute atomic E-state index is 12.5. The molecule has 8 heteroatoms. The Hall–Kier alpha value is -2.28. The van der Waals surface area contributed by atoms with Gasteiger partial charge < -0.3 is 20.1 Å². The third-order valence-corrected chi connectivity index (χ3v) is 4.43. The molecular formula is C18H18ClF3N2O2. The molecule has 2 aromatic rings. The highest BCUT2D eigenvalue weighted by molar-refractivity contribution is 6.33. The molecule has 0 saturated carbocycles. The largest absolute Gasteiger partial charge is 0.573 e. The fraction of sp³-hybridized carbons (Fsp3) is 0.333. The quantitative estimate of drug-likeness (QED) is 0.762.